The van der Waals surface area contributed by atoms with E-state index in [0.29, 0.717) is 18.7 Å². The fraction of sp³-hybridized carbons (Fsp3) is 0.250. The molecule has 3 nitrogen and oxygen atoms in total. The number of nitrogens with zero attached hydrogens (tertiary/aromatic N) is 2. The van der Waals surface area contributed by atoms with Crippen molar-refractivity contribution in [2.24, 2.45) is 5.73 Å². The highest BCUT2D eigenvalue weighted by Gasteiger charge is 2.14. The summed E-state index contributed by atoms with van der Waals surface area (Å²) in [6.07, 6.45) is 0.677. The second-order valence-corrected chi connectivity index (χ2v) is 4.65. The quantitative estimate of drug-likeness (QED) is 0.946. The number of hydrogen-bond donors (Lipinski definition) is 1. The molecule has 0 fully saturated rings. The Hall–Kier alpha value is -1.27. The molecule has 0 aliphatic rings. The van der Waals surface area contributed by atoms with Crippen molar-refractivity contribution in [3.63, 3.8) is 0 Å². The van der Waals surface area contributed by atoms with E-state index in [2.05, 4.69) is 21.0 Å². The third-order valence-electron chi connectivity index (χ3n) is 2.66. The number of rotatable bonds is 3. The maximum atomic E-state index is 13.2. The molecule has 0 unspecified atom stereocenters. The van der Waals surface area contributed by atoms with E-state index in [1.165, 1.54) is 10.7 Å². The predicted octanol–water partition coefficient (Wildman–Crippen LogP) is 2.72. The van der Waals surface area contributed by atoms with Crippen molar-refractivity contribution in [1.29, 1.82) is 0 Å². The van der Waals surface area contributed by atoms with E-state index in [9.17, 15) is 8.78 Å². The highest BCUT2D eigenvalue weighted by molar-refractivity contribution is 9.10. The highest BCUT2D eigenvalue weighted by atomic mass is 79.9. The summed E-state index contributed by atoms with van der Waals surface area (Å²) in [5.74, 6) is -1.77. The molecule has 0 saturated heterocycles. The molecule has 0 saturated carbocycles. The van der Waals surface area contributed by atoms with Crippen molar-refractivity contribution >= 4 is 15.9 Å². The number of aryl methyl sites for hydroxylation is 1. The van der Waals surface area contributed by atoms with Crippen LogP contribution in [0, 0.1) is 18.6 Å². The molecule has 0 aliphatic carbocycles. The van der Waals surface area contributed by atoms with Gasteiger partial charge in [0.15, 0.2) is 11.6 Å². The molecule has 0 aliphatic heterocycles. The first kappa shape index (κ1) is 13.2. The lowest BCUT2D eigenvalue weighted by Gasteiger charge is -2.04. The second kappa shape index (κ2) is 5.16. The van der Waals surface area contributed by atoms with Crippen LogP contribution >= 0.6 is 15.9 Å². The van der Waals surface area contributed by atoms with Gasteiger partial charge in [-0.15, -0.1) is 0 Å². The first-order valence-electron chi connectivity index (χ1n) is 5.44. The van der Waals surface area contributed by atoms with E-state index >= 15 is 0 Å². The number of halogens is 3. The summed E-state index contributed by atoms with van der Waals surface area (Å²) in [6.45, 7) is 2.36. The lowest BCUT2D eigenvalue weighted by Crippen LogP contribution is -2.04. The molecule has 18 heavy (non-hydrogen) atoms. The average Bonchev–Trinajstić information content (AvgIpc) is 2.61. The van der Waals surface area contributed by atoms with Crippen molar-refractivity contribution in [3.05, 3.63) is 45.7 Å². The Morgan fingerprint density at radius 3 is 2.67 bits per heavy atom. The molecule has 0 spiro atoms. The standard InChI is InChI=1S/C12H12BrF2N3/c1-7-9(4-5-16)12(13)18(17-7)8-2-3-10(14)11(15)6-8/h2-3,6H,4-5,16H2,1H3. The minimum Gasteiger partial charge on any atom is -0.330 e. The largest absolute Gasteiger partial charge is 0.330 e. The van der Waals surface area contributed by atoms with E-state index in [1.807, 2.05) is 6.92 Å². The smallest absolute Gasteiger partial charge is 0.160 e. The van der Waals surface area contributed by atoms with Gasteiger partial charge in [-0.25, -0.2) is 13.5 Å². The van der Waals surface area contributed by atoms with Gasteiger partial charge in [-0.05, 0) is 48.0 Å². The molecule has 6 heteroatoms. The summed E-state index contributed by atoms with van der Waals surface area (Å²) < 4.78 is 28.3. The molecule has 2 aromatic rings. The van der Waals surface area contributed by atoms with Crippen LogP contribution in [0.4, 0.5) is 8.78 Å². The monoisotopic (exact) mass is 315 g/mol. The summed E-state index contributed by atoms with van der Waals surface area (Å²) in [4.78, 5) is 0. The van der Waals surface area contributed by atoms with Crippen LogP contribution in [-0.4, -0.2) is 16.3 Å². The molecule has 2 N–H and O–H groups in total. The Morgan fingerprint density at radius 1 is 1.33 bits per heavy atom. The summed E-state index contributed by atoms with van der Waals surface area (Å²) in [6, 6.07) is 3.66. The van der Waals surface area contributed by atoms with Gasteiger partial charge >= 0.3 is 0 Å². The van der Waals surface area contributed by atoms with Gasteiger partial charge in [-0.1, -0.05) is 0 Å². The first-order valence-corrected chi connectivity index (χ1v) is 6.23. The molecule has 1 aromatic heterocycles. The molecule has 2 rings (SSSR count). The Bertz CT molecular complexity index is 581. The summed E-state index contributed by atoms with van der Waals surface area (Å²) in [5.41, 5.74) is 7.78. The van der Waals surface area contributed by atoms with Crippen molar-refractivity contribution in [2.45, 2.75) is 13.3 Å². The van der Waals surface area contributed by atoms with Gasteiger partial charge in [0.05, 0.1) is 11.4 Å². The molecule has 0 amide bonds. The van der Waals surface area contributed by atoms with Crippen molar-refractivity contribution in [3.8, 4) is 5.69 Å². The van der Waals surface area contributed by atoms with Crippen LogP contribution in [0.2, 0.25) is 0 Å². The normalized spacial score (nSPS) is 10.9. The zero-order valence-electron chi connectivity index (χ0n) is 9.75. The van der Waals surface area contributed by atoms with Crippen LogP contribution in [0.25, 0.3) is 5.69 Å². The van der Waals surface area contributed by atoms with E-state index < -0.39 is 11.6 Å². The Kier molecular flexibility index (Phi) is 3.77. The molecule has 0 radical (unpaired) electrons. The topological polar surface area (TPSA) is 43.8 Å². The van der Waals surface area contributed by atoms with Crippen LogP contribution in [0.3, 0.4) is 0 Å². The molecule has 1 heterocycles. The zero-order chi connectivity index (χ0) is 13.3. The van der Waals surface area contributed by atoms with Gasteiger partial charge in [-0.2, -0.15) is 5.10 Å². The third-order valence-corrected chi connectivity index (χ3v) is 3.48. The number of hydrogen-bond acceptors (Lipinski definition) is 2. The van der Waals surface area contributed by atoms with Crippen LogP contribution in [0.5, 0.6) is 0 Å². The number of nitrogens with two attached hydrogens (primary N) is 1. The van der Waals surface area contributed by atoms with E-state index in [4.69, 9.17) is 5.73 Å². The Balaban J connectivity index is 2.50. The lowest BCUT2D eigenvalue weighted by atomic mass is 10.2. The van der Waals surface area contributed by atoms with Crippen molar-refractivity contribution in [1.82, 2.24) is 9.78 Å². The Morgan fingerprint density at radius 2 is 2.06 bits per heavy atom. The van der Waals surface area contributed by atoms with Gasteiger partial charge in [0.1, 0.15) is 4.60 Å². The maximum Gasteiger partial charge on any atom is 0.160 e. The highest BCUT2D eigenvalue weighted by Crippen LogP contribution is 2.25. The lowest BCUT2D eigenvalue weighted by molar-refractivity contribution is 0.507. The second-order valence-electron chi connectivity index (χ2n) is 3.90. The van der Waals surface area contributed by atoms with Crippen LogP contribution in [0.15, 0.2) is 22.8 Å². The van der Waals surface area contributed by atoms with Crippen LogP contribution in [0.1, 0.15) is 11.3 Å². The Labute approximate surface area is 112 Å². The van der Waals surface area contributed by atoms with Gasteiger partial charge in [0, 0.05) is 11.6 Å². The van der Waals surface area contributed by atoms with E-state index in [-0.39, 0.29) is 0 Å². The van der Waals surface area contributed by atoms with Gasteiger partial charge in [0.25, 0.3) is 0 Å². The predicted molar refractivity (Wildman–Crippen MR) is 68.7 cm³/mol. The molecule has 0 atom stereocenters. The molecular weight excluding hydrogens is 304 g/mol. The van der Waals surface area contributed by atoms with Gasteiger partial charge in [-0.3, -0.25) is 0 Å². The molecule has 0 bridgehead atoms. The minimum atomic E-state index is -0.895. The average molecular weight is 316 g/mol. The van der Waals surface area contributed by atoms with Crippen molar-refractivity contribution < 1.29 is 8.78 Å². The molecule has 1 aromatic carbocycles. The van der Waals surface area contributed by atoms with E-state index in [0.717, 1.165) is 28.0 Å². The minimum absolute atomic E-state index is 0.465. The molecular formula is C12H12BrF2N3. The third kappa shape index (κ3) is 2.30. The number of aromatic nitrogens is 2. The van der Waals surface area contributed by atoms with Gasteiger partial charge < -0.3 is 5.73 Å². The summed E-state index contributed by atoms with van der Waals surface area (Å²) in [5, 5.41) is 4.29. The SMILES string of the molecule is Cc1nn(-c2ccc(F)c(F)c2)c(Br)c1CCN. The summed E-state index contributed by atoms with van der Waals surface area (Å²) in [7, 11) is 0. The fourth-order valence-electron chi connectivity index (χ4n) is 1.75. The fourth-order valence-corrected chi connectivity index (χ4v) is 2.52. The first-order chi connectivity index (χ1) is 8.54. The number of benzene rings is 1. The molecule has 96 valence electrons. The van der Waals surface area contributed by atoms with Crippen LogP contribution in [-0.2, 0) is 6.42 Å². The van der Waals surface area contributed by atoms with Crippen molar-refractivity contribution in [2.75, 3.05) is 6.54 Å². The van der Waals surface area contributed by atoms with E-state index in [1.54, 1.807) is 0 Å². The van der Waals surface area contributed by atoms with Gasteiger partial charge in [0.2, 0.25) is 0 Å². The zero-order valence-corrected chi connectivity index (χ0v) is 11.3. The van der Waals surface area contributed by atoms with Crippen LogP contribution < -0.4 is 5.73 Å². The summed E-state index contributed by atoms with van der Waals surface area (Å²) >= 11 is 3.41. The maximum absolute atomic E-state index is 13.2.